The van der Waals surface area contributed by atoms with E-state index in [0.29, 0.717) is 30.8 Å². The highest BCUT2D eigenvalue weighted by Gasteiger charge is 2.36. The maximum Gasteiger partial charge on any atom is 0.321 e. The van der Waals surface area contributed by atoms with Crippen molar-refractivity contribution in [3.63, 3.8) is 0 Å². The van der Waals surface area contributed by atoms with E-state index in [-0.39, 0.29) is 11.8 Å². The summed E-state index contributed by atoms with van der Waals surface area (Å²) in [5.41, 5.74) is 1.10. The van der Waals surface area contributed by atoms with Gasteiger partial charge in [0.2, 0.25) is 0 Å². The summed E-state index contributed by atoms with van der Waals surface area (Å²) in [4.78, 5) is 12.4. The maximum absolute atomic E-state index is 15.0. The van der Waals surface area contributed by atoms with E-state index in [2.05, 4.69) is 15.9 Å². The van der Waals surface area contributed by atoms with Gasteiger partial charge in [-0.15, -0.1) is 11.8 Å². The molecule has 2 rings (SSSR count). The van der Waals surface area contributed by atoms with Crippen molar-refractivity contribution in [2.24, 2.45) is 0 Å². The molecule has 0 spiro atoms. The van der Waals surface area contributed by atoms with E-state index >= 15 is 0 Å². The van der Waals surface area contributed by atoms with Crippen LogP contribution in [0.3, 0.4) is 0 Å². The summed E-state index contributed by atoms with van der Waals surface area (Å²) < 4.78 is 31.1. The van der Waals surface area contributed by atoms with Gasteiger partial charge >= 0.3 is 5.97 Å². The number of methoxy groups -OCH3 is 2. The monoisotopic (exact) mass is 526 g/mol. The lowest BCUT2D eigenvalue weighted by molar-refractivity contribution is -0.145. The molecule has 0 saturated carbocycles. The van der Waals surface area contributed by atoms with Crippen LogP contribution in [0.2, 0.25) is 0 Å². The first-order valence-corrected chi connectivity index (χ1v) is 12.3. The van der Waals surface area contributed by atoms with Gasteiger partial charge in [-0.05, 0) is 69.0 Å². The number of carbonyl (C=O) groups is 1. The lowest BCUT2D eigenvalue weighted by Crippen LogP contribution is -2.35. The number of benzene rings is 2. The standard InChI is InChI=1S/C25H32BrFO4S/c1-7-31-23(28)24(2,3)32-16-25(4,20-14-18(26)9-11-21(20)27)13-12-17-8-10-19(29-5)15-22(17)30-6/h8-11,14-15H,7,12-13,16H2,1-6H3/t25-/m0/s1. The van der Waals surface area contributed by atoms with E-state index in [1.165, 1.54) is 17.8 Å². The van der Waals surface area contributed by atoms with Crippen LogP contribution in [0.25, 0.3) is 0 Å². The molecule has 2 aromatic carbocycles. The predicted molar refractivity (Wildman–Crippen MR) is 132 cm³/mol. The normalized spacial score (nSPS) is 13.4. The summed E-state index contributed by atoms with van der Waals surface area (Å²) in [5, 5.41) is 0. The zero-order chi connectivity index (χ0) is 23.9. The van der Waals surface area contributed by atoms with Crippen molar-refractivity contribution in [3.05, 3.63) is 57.8 Å². The molecule has 0 heterocycles. The molecule has 0 aliphatic heterocycles. The Morgan fingerprint density at radius 3 is 2.44 bits per heavy atom. The molecule has 176 valence electrons. The number of carbonyl (C=O) groups excluding carboxylic acids is 1. The summed E-state index contributed by atoms with van der Waals surface area (Å²) in [7, 11) is 3.24. The number of hydrogen-bond donors (Lipinski definition) is 0. The second-order valence-electron chi connectivity index (χ2n) is 8.38. The first-order valence-electron chi connectivity index (χ1n) is 10.5. The van der Waals surface area contributed by atoms with Crippen LogP contribution in [-0.4, -0.2) is 37.3 Å². The molecule has 0 amide bonds. The molecule has 0 aliphatic carbocycles. The number of aryl methyl sites for hydroxylation is 1. The van der Waals surface area contributed by atoms with Gasteiger partial charge in [0.05, 0.1) is 20.8 Å². The van der Waals surface area contributed by atoms with Crippen LogP contribution >= 0.6 is 27.7 Å². The van der Waals surface area contributed by atoms with Crippen LogP contribution in [0.5, 0.6) is 11.5 Å². The van der Waals surface area contributed by atoms with E-state index in [1.54, 1.807) is 27.2 Å². The zero-order valence-electron chi connectivity index (χ0n) is 19.6. The minimum Gasteiger partial charge on any atom is -0.497 e. The van der Waals surface area contributed by atoms with Crippen molar-refractivity contribution in [2.45, 2.75) is 50.7 Å². The first kappa shape index (κ1) is 26.5. The Hall–Kier alpha value is -1.73. The third kappa shape index (κ3) is 6.64. The van der Waals surface area contributed by atoms with Gasteiger partial charge in [-0.2, -0.15) is 0 Å². The molecule has 0 radical (unpaired) electrons. The van der Waals surface area contributed by atoms with Crippen LogP contribution in [0.4, 0.5) is 4.39 Å². The number of thioether (sulfide) groups is 1. The van der Waals surface area contributed by atoms with Gasteiger partial charge in [-0.1, -0.05) is 28.9 Å². The largest absolute Gasteiger partial charge is 0.497 e. The van der Waals surface area contributed by atoms with Gasteiger partial charge in [-0.25, -0.2) is 4.39 Å². The Balaban J connectivity index is 2.35. The Kier molecular flexibility index (Phi) is 9.46. The average molecular weight is 527 g/mol. The number of halogens is 2. The Labute approximate surface area is 203 Å². The van der Waals surface area contributed by atoms with Crippen molar-refractivity contribution < 1.29 is 23.4 Å². The van der Waals surface area contributed by atoms with Gasteiger partial charge in [0.1, 0.15) is 22.1 Å². The highest BCUT2D eigenvalue weighted by atomic mass is 79.9. The number of ether oxygens (including phenoxy) is 3. The van der Waals surface area contributed by atoms with E-state index in [9.17, 15) is 9.18 Å². The molecule has 2 aromatic rings. The van der Waals surface area contributed by atoms with Crippen LogP contribution in [0.1, 0.15) is 45.2 Å². The molecule has 0 bridgehead atoms. The first-order chi connectivity index (χ1) is 15.1. The Bertz CT molecular complexity index is 934. The van der Waals surface area contributed by atoms with Gasteiger partial charge in [0.25, 0.3) is 0 Å². The van der Waals surface area contributed by atoms with E-state index in [1.807, 2.05) is 45.0 Å². The van der Waals surface area contributed by atoms with Crippen molar-refractivity contribution in [1.29, 1.82) is 0 Å². The van der Waals surface area contributed by atoms with Crippen molar-refractivity contribution in [3.8, 4) is 11.5 Å². The molecule has 0 unspecified atom stereocenters. The van der Waals surface area contributed by atoms with Gasteiger partial charge < -0.3 is 14.2 Å². The van der Waals surface area contributed by atoms with Crippen LogP contribution in [0.15, 0.2) is 40.9 Å². The molecule has 0 aliphatic rings. The van der Waals surface area contributed by atoms with Gasteiger partial charge in [-0.3, -0.25) is 4.79 Å². The minimum atomic E-state index is -0.739. The third-order valence-corrected chi connectivity index (χ3v) is 7.70. The van der Waals surface area contributed by atoms with Crippen LogP contribution in [0, 0.1) is 5.82 Å². The van der Waals surface area contributed by atoms with E-state index < -0.39 is 10.2 Å². The fourth-order valence-electron chi connectivity index (χ4n) is 3.42. The summed E-state index contributed by atoms with van der Waals surface area (Å²) in [6, 6.07) is 10.7. The molecular formula is C25H32BrFO4S. The summed E-state index contributed by atoms with van der Waals surface area (Å²) in [6.45, 7) is 7.86. The molecule has 4 nitrogen and oxygen atoms in total. The zero-order valence-corrected chi connectivity index (χ0v) is 22.0. The summed E-state index contributed by atoms with van der Waals surface area (Å²) in [5.74, 6) is 1.48. The maximum atomic E-state index is 15.0. The predicted octanol–water partition coefficient (Wildman–Crippen LogP) is 6.57. The van der Waals surface area contributed by atoms with E-state index in [0.717, 1.165) is 21.5 Å². The lowest BCUT2D eigenvalue weighted by Gasteiger charge is -2.34. The van der Waals surface area contributed by atoms with Crippen molar-refractivity contribution >= 4 is 33.7 Å². The van der Waals surface area contributed by atoms with Gasteiger partial charge in [0.15, 0.2) is 0 Å². The molecular weight excluding hydrogens is 495 g/mol. The highest BCUT2D eigenvalue weighted by molar-refractivity contribution is 9.10. The van der Waals surface area contributed by atoms with Crippen LogP contribution < -0.4 is 9.47 Å². The molecule has 7 heteroatoms. The quantitative estimate of drug-likeness (QED) is 0.309. The third-order valence-electron chi connectivity index (χ3n) is 5.54. The molecule has 0 saturated heterocycles. The topological polar surface area (TPSA) is 44.8 Å². The van der Waals surface area contributed by atoms with Gasteiger partial charge in [0, 0.05) is 21.7 Å². The van der Waals surface area contributed by atoms with Crippen molar-refractivity contribution in [2.75, 3.05) is 26.6 Å². The second kappa shape index (κ2) is 11.4. The second-order valence-corrected chi connectivity index (χ2v) is 10.9. The summed E-state index contributed by atoms with van der Waals surface area (Å²) >= 11 is 4.96. The number of esters is 1. The van der Waals surface area contributed by atoms with Crippen LogP contribution in [-0.2, 0) is 21.4 Å². The smallest absolute Gasteiger partial charge is 0.321 e. The molecule has 0 N–H and O–H groups in total. The van der Waals surface area contributed by atoms with E-state index in [4.69, 9.17) is 14.2 Å². The number of rotatable bonds is 11. The Morgan fingerprint density at radius 2 is 1.81 bits per heavy atom. The average Bonchev–Trinajstić information content (AvgIpc) is 2.78. The highest BCUT2D eigenvalue weighted by Crippen LogP contribution is 2.40. The molecule has 1 atom stereocenters. The SMILES string of the molecule is CCOC(=O)C(C)(C)SC[C@](C)(CCc1ccc(OC)cc1OC)c1cc(Br)ccc1F. The Morgan fingerprint density at radius 1 is 1.09 bits per heavy atom. The minimum absolute atomic E-state index is 0.257. The molecule has 0 aromatic heterocycles. The lowest BCUT2D eigenvalue weighted by atomic mass is 9.79. The summed E-state index contributed by atoms with van der Waals surface area (Å²) in [6.07, 6.45) is 1.34. The number of hydrogen-bond acceptors (Lipinski definition) is 5. The molecule has 32 heavy (non-hydrogen) atoms. The molecule has 0 fully saturated rings. The fraction of sp³-hybridized carbons (Fsp3) is 0.480. The fourth-order valence-corrected chi connectivity index (χ4v) is 4.93. The van der Waals surface area contributed by atoms with Crippen molar-refractivity contribution in [1.82, 2.24) is 0 Å².